The number of anilines is 1. The van der Waals surface area contributed by atoms with Gasteiger partial charge in [-0.1, -0.05) is 6.92 Å². The Bertz CT molecular complexity index is 385. The summed E-state index contributed by atoms with van der Waals surface area (Å²) in [5, 5.41) is 0. The number of hydrogen-bond acceptors (Lipinski definition) is 4. The van der Waals surface area contributed by atoms with Gasteiger partial charge in [-0.05, 0) is 12.8 Å². The molecule has 2 rings (SSSR count). The van der Waals surface area contributed by atoms with E-state index >= 15 is 0 Å². The highest BCUT2D eigenvalue weighted by Crippen LogP contribution is 2.38. The van der Waals surface area contributed by atoms with Crippen molar-refractivity contribution in [2.45, 2.75) is 38.5 Å². The van der Waals surface area contributed by atoms with E-state index in [0.717, 1.165) is 24.4 Å². The molecule has 2 N–H and O–H groups in total. The molecule has 1 aromatic heterocycles. The maximum Gasteiger partial charge on any atom is 0.138 e. The van der Waals surface area contributed by atoms with Crippen LogP contribution in [0.4, 0.5) is 5.82 Å². The molecule has 1 heterocycles. The Labute approximate surface area is 88.9 Å². The first-order chi connectivity index (χ1) is 7.19. The number of hydrogen-bond donors (Lipinski definition) is 1. The molecule has 1 aromatic rings. The number of aromatic nitrogens is 2. The third-order valence-corrected chi connectivity index (χ3v) is 2.53. The number of Topliss-reactive ketones (excluding diaryl/α,β-unsaturated/α-hetero) is 1. The maximum absolute atomic E-state index is 11.3. The van der Waals surface area contributed by atoms with Crippen LogP contribution in [-0.4, -0.2) is 15.8 Å². The summed E-state index contributed by atoms with van der Waals surface area (Å²) in [6.45, 7) is 1.86. The summed E-state index contributed by atoms with van der Waals surface area (Å²) < 4.78 is 0. The Morgan fingerprint density at radius 2 is 2.27 bits per heavy atom. The van der Waals surface area contributed by atoms with Gasteiger partial charge in [0, 0.05) is 24.8 Å². The number of nitrogens with two attached hydrogens (primary N) is 1. The quantitative estimate of drug-likeness (QED) is 0.807. The van der Waals surface area contributed by atoms with Crippen LogP contribution in [0.15, 0.2) is 6.07 Å². The molecule has 0 amide bonds. The predicted octanol–water partition coefficient (Wildman–Crippen LogP) is 1.46. The van der Waals surface area contributed by atoms with E-state index in [2.05, 4.69) is 9.97 Å². The van der Waals surface area contributed by atoms with Gasteiger partial charge in [-0.2, -0.15) is 0 Å². The van der Waals surface area contributed by atoms with Crippen molar-refractivity contribution in [2.75, 3.05) is 5.73 Å². The maximum atomic E-state index is 11.3. The average molecular weight is 205 g/mol. The molecule has 0 radical (unpaired) electrons. The number of rotatable bonds is 4. The Morgan fingerprint density at radius 1 is 1.53 bits per heavy atom. The Morgan fingerprint density at radius 3 is 2.87 bits per heavy atom. The SMILES string of the molecule is CCC(=O)Cc1cc(N)nc(C2CC2)n1. The van der Waals surface area contributed by atoms with Crippen molar-refractivity contribution in [2.24, 2.45) is 0 Å². The molecule has 0 bridgehead atoms. The van der Waals surface area contributed by atoms with E-state index in [-0.39, 0.29) is 5.78 Å². The predicted molar refractivity (Wildman–Crippen MR) is 57.4 cm³/mol. The van der Waals surface area contributed by atoms with Crippen LogP contribution in [-0.2, 0) is 11.2 Å². The Kier molecular flexibility index (Phi) is 2.66. The van der Waals surface area contributed by atoms with Crippen LogP contribution < -0.4 is 5.73 Å². The summed E-state index contributed by atoms with van der Waals surface area (Å²) in [6.07, 6.45) is 3.21. The molecule has 80 valence electrons. The first kappa shape index (κ1) is 10.1. The Balaban J connectivity index is 2.19. The van der Waals surface area contributed by atoms with Gasteiger partial charge in [-0.25, -0.2) is 9.97 Å². The molecule has 0 saturated heterocycles. The second-order valence-corrected chi connectivity index (χ2v) is 3.99. The van der Waals surface area contributed by atoms with Crippen LogP contribution in [0, 0.1) is 0 Å². The molecule has 15 heavy (non-hydrogen) atoms. The molecule has 4 heteroatoms. The lowest BCUT2D eigenvalue weighted by Gasteiger charge is -2.03. The van der Waals surface area contributed by atoms with Gasteiger partial charge in [0.1, 0.15) is 17.4 Å². The molecule has 1 aliphatic carbocycles. The van der Waals surface area contributed by atoms with Crippen LogP contribution in [0.1, 0.15) is 43.6 Å². The molecular weight excluding hydrogens is 190 g/mol. The summed E-state index contributed by atoms with van der Waals surface area (Å²) in [7, 11) is 0. The van der Waals surface area contributed by atoms with Gasteiger partial charge in [0.25, 0.3) is 0 Å². The largest absolute Gasteiger partial charge is 0.384 e. The summed E-state index contributed by atoms with van der Waals surface area (Å²) in [5.41, 5.74) is 6.44. The van der Waals surface area contributed by atoms with Gasteiger partial charge in [0.2, 0.25) is 0 Å². The van der Waals surface area contributed by atoms with E-state index in [1.54, 1.807) is 6.07 Å². The molecule has 0 unspecified atom stereocenters. The zero-order valence-electron chi connectivity index (χ0n) is 8.86. The number of carbonyl (C=O) groups excluding carboxylic acids is 1. The Hall–Kier alpha value is -1.45. The zero-order valence-corrected chi connectivity index (χ0v) is 8.86. The lowest BCUT2D eigenvalue weighted by molar-refractivity contribution is -0.118. The molecule has 1 fully saturated rings. The van der Waals surface area contributed by atoms with Gasteiger partial charge in [0.05, 0.1) is 5.69 Å². The minimum absolute atomic E-state index is 0.190. The molecule has 0 spiro atoms. The van der Waals surface area contributed by atoms with Gasteiger partial charge in [-0.15, -0.1) is 0 Å². The smallest absolute Gasteiger partial charge is 0.138 e. The third kappa shape index (κ3) is 2.52. The molecule has 0 aliphatic heterocycles. The lowest BCUT2D eigenvalue weighted by atomic mass is 10.1. The van der Waals surface area contributed by atoms with Gasteiger partial charge < -0.3 is 5.73 Å². The van der Waals surface area contributed by atoms with E-state index < -0.39 is 0 Å². The van der Waals surface area contributed by atoms with Crippen molar-refractivity contribution in [3.05, 3.63) is 17.6 Å². The minimum atomic E-state index is 0.190. The lowest BCUT2D eigenvalue weighted by Crippen LogP contribution is -2.07. The van der Waals surface area contributed by atoms with Crippen LogP contribution in [0.25, 0.3) is 0 Å². The number of ketones is 1. The fourth-order valence-electron chi connectivity index (χ4n) is 1.48. The fraction of sp³-hybridized carbons (Fsp3) is 0.545. The number of nitrogens with zero attached hydrogens (tertiary/aromatic N) is 2. The zero-order chi connectivity index (χ0) is 10.8. The third-order valence-electron chi connectivity index (χ3n) is 2.53. The van der Waals surface area contributed by atoms with Crippen LogP contribution >= 0.6 is 0 Å². The standard InChI is InChI=1S/C11H15N3O/c1-2-9(15)5-8-6-10(12)14-11(13-8)7-3-4-7/h6-7H,2-5H2,1H3,(H2,12,13,14). The van der Waals surface area contributed by atoms with Crippen LogP contribution in [0.3, 0.4) is 0 Å². The summed E-state index contributed by atoms with van der Waals surface area (Å²) in [5.74, 6) is 1.96. The van der Waals surface area contributed by atoms with E-state index in [0.29, 0.717) is 24.6 Å². The van der Waals surface area contributed by atoms with Gasteiger partial charge in [-0.3, -0.25) is 4.79 Å². The normalized spacial score (nSPS) is 15.3. The molecule has 1 aliphatic rings. The summed E-state index contributed by atoms with van der Waals surface area (Å²) in [4.78, 5) is 19.8. The van der Waals surface area contributed by atoms with E-state index in [4.69, 9.17) is 5.73 Å². The van der Waals surface area contributed by atoms with E-state index in [1.807, 2.05) is 6.92 Å². The first-order valence-electron chi connectivity index (χ1n) is 5.34. The van der Waals surface area contributed by atoms with Crippen molar-refractivity contribution in [3.8, 4) is 0 Å². The highest BCUT2D eigenvalue weighted by atomic mass is 16.1. The average Bonchev–Trinajstić information content (AvgIpc) is 2.99. The van der Waals surface area contributed by atoms with Gasteiger partial charge >= 0.3 is 0 Å². The van der Waals surface area contributed by atoms with E-state index in [9.17, 15) is 4.79 Å². The highest BCUT2D eigenvalue weighted by Gasteiger charge is 2.27. The van der Waals surface area contributed by atoms with Crippen molar-refractivity contribution in [1.29, 1.82) is 0 Å². The second-order valence-electron chi connectivity index (χ2n) is 3.99. The molecular formula is C11H15N3O. The first-order valence-corrected chi connectivity index (χ1v) is 5.34. The van der Waals surface area contributed by atoms with Crippen molar-refractivity contribution in [1.82, 2.24) is 9.97 Å². The van der Waals surface area contributed by atoms with Crippen molar-refractivity contribution >= 4 is 11.6 Å². The minimum Gasteiger partial charge on any atom is -0.384 e. The molecule has 4 nitrogen and oxygen atoms in total. The summed E-state index contributed by atoms with van der Waals surface area (Å²) in [6, 6.07) is 1.69. The van der Waals surface area contributed by atoms with Crippen molar-refractivity contribution < 1.29 is 4.79 Å². The topological polar surface area (TPSA) is 68.9 Å². The van der Waals surface area contributed by atoms with Gasteiger partial charge in [0.15, 0.2) is 0 Å². The molecule has 0 atom stereocenters. The highest BCUT2D eigenvalue weighted by molar-refractivity contribution is 5.80. The number of nitrogen functional groups attached to an aromatic ring is 1. The molecule has 0 aromatic carbocycles. The van der Waals surface area contributed by atoms with E-state index in [1.165, 1.54) is 0 Å². The fourth-order valence-corrected chi connectivity index (χ4v) is 1.48. The van der Waals surface area contributed by atoms with Crippen molar-refractivity contribution in [3.63, 3.8) is 0 Å². The summed E-state index contributed by atoms with van der Waals surface area (Å²) >= 11 is 0. The number of carbonyl (C=O) groups is 1. The van der Waals surface area contributed by atoms with Crippen LogP contribution in [0.2, 0.25) is 0 Å². The second kappa shape index (κ2) is 3.96. The van der Waals surface area contributed by atoms with Crippen LogP contribution in [0.5, 0.6) is 0 Å². The molecule has 1 saturated carbocycles. The monoisotopic (exact) mass is 205 g/mol.